The van der Waals surface area contributed by atoms with Crippen LogP contribution >= 0.6 is 0 Å². The van der Waals surface area contributed by atoms with Crippen LogP contribution < -0.4 is 10.6 Å². The number of nitrogens with zero attached hydrogens (tertiary/aromatic N) is 2. The van der Waals surface area contributed by atoms with E-state index >= 15 is 0 Å². The number of aromatic nitrogens is 2. The van der Waals surface area contributed by atoms with Crippen molar-refractivity contribution in [3.05, 3.63) is 53.6 Å². The number of hydrogen-bond acceptors (Lipinski definition) is 4. The molecule has 2 rings (SSSR count). The van der Waals surface area contributed by atoms with Crippen LogP contribution in [-0.2, 0) is 6.54 Å². The van der Waals surface area contributed by atoms with Crippen molar-refractivity contribution in [2.75, 3.05) is 5.32 Å². The van der Waals surface area contributed by atoms with E-state index in [1.807, 2.05) is 0 Å². The van der Waals surface area contributed by atoms with Gasteiger partial charge in [0.05, 0.1) is 12.2 Å². The summed E-state index contributed by atoms with van der Waals surface area (Å²) in [6, 6.07) is 8.13. The molecule has 0 spiro atoms. The molecular formula is C15H16N4O2. The Morgan fingerprint density at radius 3 is 2.48 bits per heavy atom. The zero-order valence-corrected chi connectivity index (χ0v) is 11.9. The maximum Gasteiger partial charge on any atom is 0.319 e. The van der Waals surface area contributed by atoms with Gasteiger partial charge in [0.15, 0.2) is 5.78 Å². The number of amides is 2. The Morgan fingerprint density at radius 1 is 1.14 bits per heavy atom. The summed E-state index contributed by atoms with van der Waals surface area (Å²) in [6.07, 6.45) is 1.65. The first-order chi connectivity index (χ1) is 10.0. The van der Waals surface area contributed by atoms with Crippen LogP contribution in [0.15, 0.2) is 36.5 Å². The molecule has 2 amide bonds. The number of ketones is 1. The van der Waals surface area contributed by atoms with Gasteiger partial charge < -0.3 is 10.6 Å². The lowest BCUT2D eigenvalue weighted by atomic mass is 10.1. The van der Waals surface area contributed by atoms with Crippen molar-refractivity contribution in [2.24, 2.45) is 0 Å². The molecule has 1 aromatic heterocycles. The van der Waals surface area contributed by atoms with Crippen molar-refractivity contribution in [2.45, 2.75) is 20.4 Å². The number of rotatable bonds is 4. The van der Waals surface area contributed by atoms with Gasteiger partial charge >= 0.3 is 6.03 Å². The maximum atomic E-state index is 11.8. The van der Waals surface area contributed by atoms with Crippen LogP contribution in [0, 0.1) is 6.92 Å². The van der Waals surface area contributed by atoms with Crippen molar-refractivity contribution >= 4 is 17.5 Å². The number of carbonyl (C=O) groups excluding carboxylic acids is 2. The average Bonchev–Trinajstić information content (AvgIpc) is 2.46. The van der Waals surface area contributed by atoms with E-state index in [4.69, 9.17) is 0 Å². The molecule has 21 heavy (non-hydrogen) atoms. The zero-order chi connectivity index (χ0) is 15.2. The highest BCUT2D eigenvalue weighted by molar-refractivity contribution is 5.95. The summed E-state index contributed by atoms with van der Waals surface area (Å²) >= 11 is 0. The Labute approximate surface area is 122 Å². The van der Waals surface area contributed by atoms with Crippen molar-refractivity contribution in [3.8, 4) is 0 Å². The van der Waals surface area contributed by atoms with Gasteiger partial charge in [0.2, 0.25) is 0 Å². The molecule has 1 heterocycles. The molecule has 2 aromatic rings. The summed E-state index contributed by atoms with van der Waals surface area (Å²) < 4.78 is 0. The topological polar surface area (TPSA) is 84.0 Å². The normalized spacial score (nSPS) is 10.0. The second-order valence-electron chi connectivity index (χ2n) is 4.54. The molecule has 0 fully saturated rings. The number of hydrogen-bond donors (Lipinski definition) is 2. The molecule has 0 aliphatic heterocycles. The lowest BCUT2D eigenvalue weighted by Gasteiger charge is -2.08. The minimum atomic E-state index is -0.332. The minimum Gasteiger partial charge on any atom is -0.332 e. The maximum absolute atomic E-state index is 11.8. The van der Waals surface area contributed by atoms with Crippen LogP contribution in [0.5, 0.6) is 0 Å². The molecule has 0 bridgehead atoms. The Balaban J connectivity index is 1.88. The largest absolute Gasteiger partial charge is 0.332 e. The third kappa shape index (κ3) is 4.38. The number of Topliss-reactive ketones (excluding diaryl/α,β-unsaturated/α-hetero) is 1. The third-order valence-corrected chi connectivity index (χ3v) is 2.81. The van der Waals surface area contributed by atoms with Gasteiger partial charge in [0.25, 0.3) is 0 Å². The number of anilines is 1. The minimum absolute atomic E-state index is 0.00914. The summed E-state index contributed by atoms with van der Waals surface area (Å²) in [7, 11) is 0. The highest BCUT2D eigenvalue weighted by atomic mass is 16.2. The SMILES string of the molecule is CC(=O)c1ccc(NC(=O)NCc2ccnc(C)n2)cc1. The molecule has 0 radical (unpaired) electrons. The summed E-state index contributed by atoms with van der Waals surface area (Å²) in [4.78, 5) is 31.1. The van der Waals surface area contributed by atoms with Crippen LogP contribution in [0.4, 0.5) is 10.5 Å². The van der Waals surface area contributed by atoms with Crippen LogP contribution in [0.1, 0.15) is 28.8 Å². The van der Waals surface area contributed by atoms with E-state index < -0.39 is 0 Å². The van der Waals surface area contributed by atoms with Crippen molar-refractivity contribution in [1.82, 2.24) is 15.3 Å². The molecule has 108 valence electrons. The monoisotopic (exact) mass is 284 g/mol. The van der Waals surface area contributed by atoms with Gasteiger partial charge in [0, 0.05) is 17.4 Å². The molecule has 1 aromatic carbocycles. The number of carbonyl (C=O) groups is 2. The molecule has 0 aliphatic carbocycles. The van der Waals surface area contributed by atoms with Crippen LogP contribution in [0.3, 0.4) is 0 Å². The zero-order valence-electron chi connectivity index (χ0n) is 11.9. The van der Waals surface area contributed by atoms with E-state index in [1.54, 1.807) is 43.5 Å². The Bertz CT molecular complexity index is 653. The van der Waals surface area contributed by atoms with E-state index in [2.05, 4.69) is 20.6 Å². The summed E-state index contributed by atoms with van der Waals surface area (Å²) in [5.41, 5.74) is 1.97. The molecule has 0 unspecified atom stereocenters. The molecule has 6 nitrogen and oxygen atoms in total. The number of nitrogens with one attached hydrogen (secondary N) is 2. The first kappa shape index (κ1) is 14.6. The number of benzene rings is 1. The smallest absolute Gasteiger partial charge is 0.319 e. The van der Waals surface area contributed by atoms with E-state index in [-0.39, 0.29) is 11.8 Å². The third-order valence-electron chi connectivity index (χ3n) is 2.81. The summed E-state index contributed by atoms with van der Waals surface area (Å²) in [5.74, 6) is 0.652. The van der Waals surface area contributed by atoms with E-state index in [9.17, 15) is 9.59 Å². The highest BCUT2D eigenvalue weighted by Crippen LogP contribution is 2.09. The fourth-order valence-electron chi connectivity index (χ4n) is 1.74. The van der Waals surface area contributed by atoms with Crippen molar-refractivity contribution in [3.63, 3.8) is 0 Å². The quantitative estimate of drug-likeness (QED) is 0.844. The first-order valence-corrected chi connectivity index (χ1v) is 6.49. The molecular weight excluding hydrogens is 268 g/mol. The van der Waals surface area contributed by atoms with Gasteiger partial charge in [-0.3, -0.25) is 4.79 Å². The van der Waals surface area contributed by atoms with Crippen LogP contribution in [0.25, 0.3) is 0 Å². The van der Waals surface area contributed by atoms with E-state index in [0.29, 0.717) is 23.6 Å². The van der Waals surface area contributed by atoms with Gasteiger partial charge in [-0.15, -0.1) is 0 Å². The van der Waals surface area contributed by atoms with Gasteiger partial charge in [-0.05, 0) is 44.2 Å². The summed E-state index contributed by atoms with van der Waals surface area (Å²) in [5, 5.41) is 5.39. The Kier molecular flexibility index (Phi) is 4.61. The summed E-state index contributed by atoms with van der Waals surface area (Å²) in [6.45, 7) is 3.61. The number of aryl methyl sites for hydroxylation is 1. The predicted octanol–water partition coefficient (Wildman–Crippen LogP) is 2.31. The molecule has 0 atom stereocenters. The predicted molar refractivity (Wildman–Crippen MR) is 79.1 cm³/mol. The lowest BCUT2D eigenvalue weighted by molar-refractivity contribution is 0.101. The fourth-order valence-corrected chi connectivity index (χ4v) is 1.74. The molecule has 2 N–H and O–H groups in total. The van der Waals surface area contributed by atoms with Crippen molar-refractivity contribution in [1.29, 1.82) is 0 Å². The Morgan fingerprint density at radius 2 is 1.86 bits per heavy atom. The first-order valence-electron chi connectivity index (χ1n) is 6.49. The Hall–Kier alpha value is -2.76. The van der Waals surface area contributed by atoms with Gasteiger partial charge in [-0.25, -0.2) is 14.8 Å². The highest BCUT2D eigenvalue weighted by Gasteiger charge is 2.04. The van der Waals surface area contributed by atoms with Gasteiger partial charge in [-0.1, -0.05) is 0 Å². The van der Waals surface area contributed by atoms with Crippen molar-refractivity contribution < 1.29 is 9.59 Å². The van der Waals surface area contributed by atoms with Crippen LogP contribution in [0.2, 0.25) is 0 Å². The second kappa shape index (κ2) is 6.60. The lowest BCUT2D eigenvalue weighted by Crippen LogP contribution is -2.28. The second-order valence-corrected chi connectivity index (χ2v) is 4.54. The van der Waals surface area contributed by atoms with Crippen LogP contribution in [-0.4, -0.2) is 21.8 Å². The van der Waals surface area contributed by atoms with E-state index in [1.165, 1.54) is 6.92 Å². The van der Waals surface area contributed by atoms with Gasteiger partial charge in [-0.2, -0.15) is 0 Å². The van der Waals surface area contributed by atoms with E-state index in [0.717, 1.165) is 5.69 Å². The standard InChI is InChI=1S/C15H16N4O2/c1-10(20)12-3-5-13(6-4-12)19-15(21)17-9-14-7-8-16-11(2)18-14/h3-8H,9H2,1-2H3,(H2,17,19,21). The molecule has 0 aliphatic rings. The molecule has 0 saturated heterocycles. The number of urea groups is 1. The van der Waals surface area contributed by atoms with Gasteiger partial charge in [0.1, 0.15) is 5.82 Å². The average molecular weight is 284 g/mol. The fraction of sp³-hybridized carbons (Fsp3) is 0.200. The molecule has 6 heteroatoms. The molecule has 0 saturated carbocycles.